The minimum atomic E-state index is -1.12. The van der Waals surface area contributed by atoms with Crippen LogP contribution in [0.1, 0.15) is 25.3 Å². The maximum atomic E-state index is 12.7. The Labute approximate surface area is 162 Å². The molecule has 1 atom stereocenters. The lowest BCUT2D eigenvalue weighted by molar-refractivity contribution is -0.757. The Balaban J connectivity index is 2.04. The average Bonchev–Trinajstić information content (AvgIpc) is 3.12. The molecule has 0 saturated carbocycles. The van der Waals surface area contributed by atoms with Crippen LogP contribution in [0.15, 0.2) is 45.5 Å². The third-order valence-corrected chi connectivity index (χ3v) is 4.28. The number of rotatable bonds is 7. The summed E-state index contributed by atoms with van der Waals surface area (Å²) in [6, 6.07) is 4.80. The highest BCUT2D eigenvalue weighted by Crippen LogP contribution is 2.40. The van der Waals surface area contributed by atoms with E-state index >= 15 is 0 Å². The zero-order chi connectivity index (χ0) is 21.1. The Kier molecular flexibility index (Phi) is 5.38. The Bertz CT molecular complexity index is 1060. The molecule has 29 heavy (non-hydrogen) atoms. The summed E-state index contributed by atoms with van der Waals surface area (Å²) in [6.45, 7) is 2.21. The Morgan fingerprint density at radius 2 is 1.97 bits per heavy atom. The summed E-state index contributed by atoms with van der Waals surface area (Å²) in [5, 5.41) is 31.3. The maximum Gasteiger partial charge on any atom is 0.337 e. The highest BCUT2D eigenvalue weighted by Gasteiger charge is 2.42. The quantitative estimate of drug-likeness (QED) is 0.305. The monoisotopic (exact) mass is 405 g/mol. The zero-order valence-corrected chi connectivity index (χ0v) is 15.3. The molecule has 2 heterocycles. The molecule has 0 amide bonds. The van der Waals surface area contributed by atoms with E-state index in [2.05, 4.69) is 20.5 Å². The van der Waals surface area contributed by atoms with Crippen LogP contribution in [0.3, 0.4) is 0 Å². The van der Waals surface area contributed by atoms with Crippen molar-refractivity contribution in [2.45, 2.75) is 19.8 Å². The number of carbonyl (C=O) groups excluding carboxylic acids is 1. The Hall–Kier alpha value is -4.03. The number of hydrogen-bond donors (Lipinski definition) is 1. The summed E-state index contributed by atoms with van der Waals surface area (Å²) in [7, 11) is 0. The molecule has 152 valence electrons. The molecule has 1 aromatic heterocycles. The van der Waals surface area contributed by atoms with Crippen molar-refractivity contribution in [2.75, 3.05) is 13.2 Å². The van der Waals surface area contributed by atoms with E-state index in [1.165, 1.54) is 6.92 Å². The van der Waals surface area contributed by atoms with Gasteiger partial charge < -0.3 is 14.9 Å². The van der Waals surface area contributed by atoms with E-state index < -0.39 is 35.1 Å². The van der Waals surface area contributed by atoms with Crippen molar-refractivity contribution in [3.8, 4) is 0 Å². The molecule has 1 N–H and O–H groups in total. The summed E-state index contributed by atoms with van der Waals surface area (Å²) in [5.41, 5.74) is 1.26. The normalized spacial score (nSPS) is 16.6. The number of fused-ring (bicyclic) bond motifs is 1. The number of nitrogens with zero attached hydrogens (tertiary/aromatic N) is 4. The summed E-state index contributed by atoms with van der Waals surface area (Å²) < 4.78 is 9.77. The predicted molar refractivity (Wildman–Crippen MR) is 94.0 cm³/mol. The second-order valence-electron chi connectivity index (χ2n) is 6.04. The molecule has 0 saturated heterocycles. The SMILES string of the molecule is CC1=C(C(=O)OCCO[N+](=O)[O-])[C@@H](c2cccc3nonc23)C([N+](=O)[O-])=C(C)N1. The number of dihydropyridines is 1. The van der Waals surface area contributed by atoms with E-state index in [-0.39, 0.29) is 22.5 Å². The van der Waals surface area contributed by atoms with Crippen LogP contribution < -0.4 is 5.32 Å². The number of benzene rings is 1. The first-order chi connectivity index (χ1) is 13.8. The standard InChI is InChI=1S/C16H15N5O8/c1-8-12(16(22)27-6-7-28-21(25)26)13(15(20(23)24)9(2)17-8)10-4-3-5-11-14(10)19-29-18-11/h3-5,13,17H,6-7H2,1-2H3/t13-/m1/s1. The smallest absolute Gasteiger partial charge is 0.337 e. The average molecular weight is 405 g/mol. The molecule has 0 radical (unpaired) electrons. The largest absolute Gasteiger partial charge is 0.460 e. The first-order valence-corrected chi connectivity index (χ1v) is 8.29. The van der Waals surface area contributed by atoms with E-state index in [0.717, 1.165) is 0 Å². The fraction of sp³-hybridized carbons (Fsp3) is 0.312. The summed E-state index contributed by atoms with van der Waals surface area (Å²) in [6.07, 6.45) is 0. The Morgan fingerprint density at radius 1 is 1.21 bits per heavy atom. The molecule has 0 unspecified atom stereocenters. The minimum Gasteiger partial charge on any atom is -0.460 e. The number of nitrogens with one attached hydrogen (secondary N) is 1. The number of ether oxygens (including phenoxy) is 1. The van der Waals surface area contributed by atoms with Crippen LogP contribution in [-0.4, -0.2) is 39.5 Å². The van der Waals surface area contributed by atoms with Crippen molar-refractivity contribution in [3.05, 3.63) is 66.7 Å². The van der Waals surface area contributed by atoms with Gasteiger partial charge >= 0.3 is 5.97 Å². The predicted octanol–water partition coefficient (Wildman–Crippen LogP) is 1.44. The zero-order valence-electron chi connectivity index (χ0n) is 15.3. The second-order valence-corrected chi connectivity index (χ2v) is 6.04. The number of hydrogen-bond acceptors (Lipinski definition) is 11. The molecule has 1 aromatic carbocycles. The molecule has 0 aliphatic carbocycles. The van der Waals surface area contributed by atoms with E-state index in [1.807, 2.05) is 0 Å². The molecule has 13 heteroatoms. The van der Waals surface area contributed by atoms with Crippen molar-refractivity contribution in [1.29, 1.82) is 0 Å². The van der Waals surface area contributed by atoms with Gasteiger partial charge in [0.1, 0.15) is 30.2 Å². The van der Waals surface area contributed by atoms with Crippen molar-refractivity contribution in [2.24, 2.45) is 0 Å². The number of carbonyl (C=O) groups is 1. The first-order valence-electron chi connectivity index (χ1n) is 8.29. The molecular weight excluding hydrogens is 390 g/mol. The van der Waals surface area contributed by atoms with Crippen LogP contribution in [0.4, 0.5) is 0 Å². The molecule has 0 bridgehead atoms. The molecule has 1 aliphatic heterocycles. The van der Waals surface area contributed by atoms with Gasteiger partial charge in [0.05, 0.1) is 16.2 Å². The van der Waals surface area contributed by atoms with Crippen LogP contribution in [-0.2, 0) is 14.4 Å². The van der Waals surface area contributed by atoms with Gasteiger partial charge in [-0.25, -0.2) is 9.42 Å². The molecule has 1 aliphatic rings. The third kappa shape index (κ3) is 3.83. The number of allylic oxidation sites excluding steroid dienone is 3. The van der Waals surface area contributed by atoms with Gasteiger partial charge in [-0.2, -0.15) is 0 Å². The van der Waals surface area contributed by atoms with Gasteiger partial charge in [-0.15, -0.1) is 10.1 Å². The van der Waals surface area contributed by atoms with E-state index in [9.17, 15) is 25.0 Å². The lowest BCUT2D eigenvalue weighted by Crippen LogP contribution is -2.32. The van der Waals surface area contributed by atoms with Crippen LogP contribution in [0, 0.1) is 20.2 Å². The number of esters is 1. The van der Waals surface area contributed by atoms with Gasteiger partial charge in [-0.1, -0.05) is 12.1 Å². The van der Waals surface area contributed by atoms with E-state index in [0.29, 0.717) is 16.8 Å². The molecular formula is C16H15N5O8. The highest BCUT2D eigenvalue weighted by molar-refractivity contribution is 5.94. The fourth-order valence-electron chi connectivity index (χ4n) is 3.18. The van der Waals surface area contributed by atoms with Crippen LogP contribution in [0.5, 0.6) is 0 Å². The van der Waals surface area contributed by atoms with Crippen molar-refractivity contribution >= 4 is 17.0 Å². The van der Waals surface area contributed by atoms with Gasteiger partial charge in [-0.3, -0.25) is 10.1 Å². The molecule has 3 rings (SSSR count). The van der Waals surface area contributed by atoms with Gasteiger partial charge in [-0.05, 0) is 30.2 Å². The van der Waals surface area contributed by atoms with Crippen LogP contribution in [0.25, 0.3) is 11.0 Å². The van der Waals surface area contributed by atoms with Gasteiger partial charge in [0, 0.05) is 11.3 Å². The fourth-order valence-corrected chi connectivity index (χ4v) is 3.18. The molecule has 0 fully saturated rings. The second kappa shape index (κ2) is 7.92. The summed E-state index contributed by atoms with van der Waals surface area (Å²) in [5.74, 6) is -2.00. The van der Waals surface area contributed by atoms with E-state index in [4.69, 9.17) is 9.37 Å². The lowest BCUT2D eigenvalue weighted by atomic mass is 9.83. The van der Waals surface area contributed by atoms with Crippen molar-refractivity contribution in [3.63, 3.8) is 0 Å². The lowest BCUT2D eigenvalue weighted by Gasteiger charge is -2.26. The van der Waals surface area contributed by atoms with Crippen LogP contribution >= 0.6 is 0 Å². The first kappa shape index (κ1) is 19.7. The Morgan fingerprint density at radius 3 is 2.66 bits per heavy atom. The van der Waals surface area contributed by atoms with Gasteiger partial charge in [0.2, 0.25) is 0 Å². The minimum absolute atomic E-state index is 0.0288. The molecule has 2 aromatic rings. The van der Waals surface area contributed by atoms with Crippen LogP contribution in [0.2, 0.25) is 0 Å². The van der Waals surface area contributed by atoms with Crippen molar-refractivity contribution < 1.29 is 29.0 Å². The maximum absolute atomic E-state index is 12.7. The topological polar surface area (TPSA) is 173 Å². The highest BCUT2D eigenvalue weighted by atomic mass is 17.0. The summed E-state index contributed by atoms with van der Waals surface area (Å²) >= 11 is 0. The number of nitro groups is 1. The van der Waals surface area contributed by atoms with Crippen molar-refractivity contribution in [1.82, 2.24) is 15.6 Å². The van der Waals surface area contributed by atoms with Gasteiger partial charge in [0.15, 0.2) is 0 Å². The summed E-state index contributed by atoms with van der Waals surface area (Å²) in [4.78, 5) is 38.3. The molecule has 13 nitrogen and oxygen atoms in total. The third-order valence-electron chi connectivity index (χ3n) is 4.28. The van der Waals surface area contributed by atoms with Gasteiger partial charge in [0.25, 0.3) is 10.8 Å². The number of aromatic nitrogens is 2. The molecule has 0 spiro atoms. The van der Waals surface area contributed by atoms with E-state index in [1.54, 1.807) is 25.1 Å².